The summed E-state index contributed by atoms with van der Waals surface area (Å²) in [6, 6.07) is -1.10. The molecule has 0 bridgehead atoms. The van der Waals surface area contributed by atoms with E-state index >= 15 is 0 Å². The Kier molecular flexibility index (Phi) is 9.47. The van der Waals surface area contributed by atoms with E-state index in [1.54, 1.807) is 6.92 Å². The van der Waals surface area contributed by atoms with Crippen LogP contribution in [-0.2, 0) is 0 Å². The van der Waals surface area contributed by atoms with Gasteiger partial charge in [-0.3, -0.25) is 4.99 Å². The van der Waals surface area contributed by atoms with Crippen LogP contribution in [-0.4, -0.2) is 25.0 Å². The number of hydrogen-bond donors (Lipinski definition) is 2. The lowest BCUT2D eigenvalue weighted by Crippen LogP contribution is -2.36. The zero-order chi connectivity index (χ0) is 21.5. The van der Waals surface area contributed by atoms with Crippen LogP contribution in [0.3, 0.4) is 0 Å². The average Bonchev–Trinajstić information content (AvgIpc) is 2.60. The summed E-state index contributed by atoms with van der Waals surface area (Å²) < 4.78 is 68.0. The number of nitrogens with zero attached hydrogens (tertiary/aromatic N) is 1. The molecule has 0 saturated heterocycles. The Labute approximate surface area is 157 Å². The molecule has 0 aliphatic carbocycles. The van der Waals surface area contributed by atoms with E-state index in [0.717, 1.165) is 6.07 Å². The fraction of sp³-hybridized carbons (Fsp3) is 0.526. The van der Waals surface area contributed by atoms with Crippen LogP contribution in [0.5, 0.6) is 0 Å². The van der Waals surface area contributed by atoms with Crippen LogP contribution in [0.2, 0.25) is 0 Å². The monoisotopic (exact) mass is 393 g/mol. The van der Waals surface area contributed by atoms with Crippen molar-refractivity contribution in [3.05, 3.63) is 34.5 Å². The molecule has 8 heteroatoms. The summed E-state index contributed by atoms with van der Waals surface area (Å²) in [5.41, 5.74) is 5.61. The molecular weight excluding hydrogens is 365 g/mol. The predicted molar refractivity (Wildman–Crippen MR) is 102 cm³/mol. The Morgan fingerprint density at radius 2 is 1.74 bits per heavy atom. The van der Waals surface area contributed by atoms with Crippen molar-refractivity contribution in [1.82, 2.24) is 0 Å². The molecule has 1 aromatic carbocycles. The SMILES string of the molecule is CC.CCC(Nc1cc(F)c(C)c(F)c1/C(C(C)=NC)=C(\C)N)C(F)(F)F. The van der Waals surface area contributed by atoms with Crippen LogP contribution >= 0.6 is 0 Å². The number of nitrogens with one attached hydrogen (secondary N) is 1. The molecule has 27 heavy (non-hydrogen) atoms. The molecule has 0 heterocycles. The van der Waals surface area contributed by atoms with Gasteiger partial charge in [-0.05, 0) is 33.3 Å². The number of rotatable bonds is 5. The van der Waals surface area contributed by atoms with Gasteiger partial charge in [0.2, 0.25) is 0 Å². The van der Waals surface area contributed by atoms with Gasteiger partial charge in [-0.1, -0.05) is 20.8 Å². The Balaban J connectivity index is 0.00000326. The summed E-state index contributed by atoms with van der Waals surface area (Å²) in [6.07, 6.45) is -4.87. The van der Waals surface area contributed by atoms with Crippen molar-refractivity contribution in [3.63, 3.8) is 0 Å². The summed E-state index contributed by atoms with van der Waals surface area (Å²) in [5, 5.41) is 2.21. The summed E-state index contributed by atoms with van der Waals surface area (Å²) in [5.74, 6) is -1.91. The van der Waals surface area contributed by atoms with Crippen molar-refractivity contribution < 1.29 is 22.0 Å². The van der Waals surface area contributed by atoms with Crippen molar-refractivity contribution >= 4 is 17.0 Å². The van der Waals surface area contributed by atoms with Crippen molar-refractivity contribution in [2.45, 2.75) is 60.2 Å². The number of anilines is 1. The smallest absolute Gasteiger partial charge is 0.402 e. The number of halogens is 5. The molecule has 0 fully saturated rings. The second-order valence-electron chi connectivity index (χ2n) is 5.73. The second-order valence-corrected chi connectivity index (χ2v) is 5.73. The minimum absolute atomic E-state index is 0.141. The van der Waals surface area contributed by atoms with Gasteiger partial charge in [-0.15, -0.1) is 0 Å². The van der Waals surface area contributed by atoms with Gasteiger partial charge in [0.15, 0.2) is 0 Å². The highest BCUT2D eigenvalue weighted by Crippen LogP contribution is 2.35. The van der Waals surface area contributed by atoms with E-state index in [9.17, 15) is 22.0 Å². The number of benzene rings is 1. The first kappa shape index (κ1) is 24.9. The van der Waals surface area contributed by atoms with Crippen LogP contribution < -0.4 is 11.1 Å². The molecule has 3 nitrogen and oxygen atoms in total. The molecule has 1 unspecified atom stereocenters. The largest absolute Gasteiger partial charge is 0.408 e. The van der Waals surface area contributed by atoms with E-state index in [-0.39, 0.29) is 34.5 Å². The highest BCUT2D eigenvalue weighted by molar-refractivity contribution is 6.24. The van der Waals surface area contributed by atoms with Gasteiger partial charge in [0.25, 0.3) is 0 Å². The maximum atomic E-state index is 14.8. The summed E-state index contributed by atoms with van der Waals surface area (Å²) in [7, 11) is 1.45. The van der Waals surface area contributed by atoms with Gasteiger partial charge in [-0.2, -0.15) is 13.2 Å². The Bertz CT molecular complexity index is 702. The standard InChI is InChI=1S/C17H22F5N3.C2H6/c1-6-13(17(20,21)22)25-12-7-11(18)8(2)16(19)15(12)14(9(3)23)10(4)24-5;1-2/h7,13,25H,6,23H2,1-5H3;1-2H3/b14-9+,24-10?;. The number of allylic oxidation sites excluding steroid dienone is 2. The topological polar surface area (TPSA) is 50.4 Å². The van der Waals surface area contributed by atoms with E-state index in [4.69, 9.17) is 5.73 Å². The third-order valence-electron chi connectivity index (χ3n) is 3.92. The van der Waals surface area contributed by atoms with Gasteiger partial charge in [-0.25, -0.2) is 8.78 Å². The third kappa shape index (κ3) is 5.94. The lowest BCUT2D eigenvalue weighted by Gasteiger charge is -2.25. The number of alkyl halides is 3. The molecule has 0 aliphatic rings. The quantitative estimate of drug-likeness (QED) is 0.488. The first-order chi connectivity index (χ1) is 12.4. The summed E-state index contributed by atoms with van der Waals surface area (Å²) >= 11 is 0. The number of hydrogen-bond acceptors (Lipinski definition) is 3. The zero-order valence-corrected chi connectivity index (χ0v) is 16.8. The molecular formula is C19H28F5N3. The van der Waals surface area contributed by atoms with E-state index in [1.165, 1.54) is 27.8 Å². The molecule has 0 radical (unpaired) electrons. The Morgan fingerprint density at radius 1 is 1.22 bits per heavy atom. The average molecular weight is 393 g/mol. The number of aliphatic imine (C=N–C) groups is 1. The van der Waals surface area contributed by atoms with Gasteiger partial charge in [0.1, 0.15) is 17.7 Å². The van der Waals surface area contributed by atoms with Crippen molar-refractivity contribution in [2.75, 3.05) is 12.4 Å². The molecule has 3 N–H and O–H groups in total. The van der Waals surface area contributed by atoms with E-state index in [0.29, 0.717) is 5.71 Å². The fourth-order valence-corrected chi connectivity index (χ4v) is 2.45. The highest BCUT2D eigenvalue weighted by atomic mass is 19.4. The summed E-state index contributed by atoms with van der Waals surface area (Å²) in [4.78, 5) is 3.94. The molecule has 0 aromatic heterocycles. The lowest BCUT2D eigenvalue weighted by atomic mass is 9.94. The Morgan fingerprint density at radius 3 is 2.11 bits per heavy atom. The van der Waals surface area contributed by atoms with E-state index in [1.807, 2.05) is 13.8 Å². The molecule has 154 valence electrons. The summed E-state index contributed by atoms with van der Waals surface area (Å²) in [6.45, 7) is 9.57. The second kappa shape index (κ2) is 10.3. The zero-order valence-electron chi connectivity index (χ0n) is 16.8. The molecule has 0 aliphatic heterocycles. The maximum absolute atomic E-state index is 14.8. The van der Waals surface area contributed by atoms with Crippen molar-refractivity contribution in [3.8, 4) is 0 Å². The van der Waals surface area contributed by atoms with Crippen molar-refractivity contribution in [1.29, 1.82) is 0 Å². The maximum Gasteiger partial charge on any atom is 0.408 e. The molecule has 1 atom stereocenters. The van der Waals surface area contributed by atoms with Gasteiger partial charge < -0.3 is 11.1 Å². The van der Waals surface area contributed by atoms with E-state index in [2.05, 4.69) is 10.3 Å². The normalized spacial score (nSPS) is 14.1. The van der Waals surface area contributed by atoms with Crippen molar-refractivity contribution in [2.24, 2.45) is 10.7 Å². The molecule has 1 rings (SSSR count). The minimum atomic E-state index is -4.57. The van der Waals surface area contributed by atoms with Gasteiger partial charge in [0, 0.05) is 40.8 Å². The predicted octanol–water partition coefficient (Wildman–Crippen LogP) is 5.83. The molecule has 0 amide bonds. The molecule has 0 saturated carbocycles. The van der Waals surface area contributed by atoms with Gasteiger partial charge in [0.05, 0.1) is 0 Å². The first-order valence-corrected chi connectivity index (χ1v) is 8.67. The molecule has 0 spiro atoms. The van der Waals surface area contributed by atoms with E-state index < -0.39 is 23.9 Å². The minimum Gasteiger partial charge on any atom is -0.402 e. The first-order valence-electron chi connectivity index (χ1n) is 8.67. The van der Waals surface area contributed by atoms with Crippen LogP contribution in [0.1, 0.15) is 52.2 Å². The van der Waals surface area contributed by atoms with Crippen LogP contribution in [0.15, 0.2) is 16.8 Å². The third-order valence-corrected chi connectivity index (χ3v) is 3.92. The van der Waals surface area contributed by atoms with Crippen LogP contribution in [0.4, 0.5) is 27.6 Å². The van der Waals surface area contributed by atoms with Crippen LogP contribution in [0, 0.1) is 18.6 Å². The Hall–Kier alpha value is -2.12. The fourth-order valence-electron chi connectivity index (χ4n) is 2.45. The lowest BCUT2D eigenvalue weighted by molar-refractivity contribution is -0.142. The molecule has 1 aromatic rings. The highest BCUT2D eigenvalue weighted by Gasteiger charge is 2.39. The van der Waals surface area contributed by atoms with Gasteiger partial charge >= 0.3 is 6.18 Å². The number of nitrogens with two attached hydrogens (primary N) is 1. The van der Waals surface area contributed by atoms with Crippen LogP contribution in [0.25, 0.3) is 5.57 Å².